The number of rotatable bonds is 5. The highest BCUT2D eigenvalue weighted by Crippen LogP contribution is 2.22. The quantitative estimate of drug-likeness (QED) is 0.644. The number of hydrogen-bond donors (Lipinski definition) is 2. The maximum atomic E-state index is 11.8. The first-order valence-electron chi connectivity index (χ1n) is 5.35. The first-order valence-corrected chi connectivity index (χ1v) is 5.73. The minimum absolute atomic E-state index is 0. The number of hydrogen-bond acceptors (Lipinski definition) is 4. The van der Waals surface area contributed by atoms with Crippen LogP contribution in [0.5, 0.6) is 0 Å². The molecule has 0 aliphatic carbocycles. The Balaban J connectivity index is 0.00000324. The minimum atomic E-state index is -0.604. The Kier molecular flexibility index (Phi) is 7.36. The highest BCUT2D eigenvalue weighted by Gasteiger charge is 2.20. The maximum Gasteiger partial charge on any atom is 0.282 e. The molecule has 106 valence electrons. The van der Waals surface area contributed by atoms with Gasteiger partial charge in [-0.25, -0.2) is 0 Å². The van der Waals surface area contributed by atoms with E-state index in [1.54, 1.807) is 7.05 Å². The van der Waals surface area contributed by atoms with Crippen molar-refractivity contribution in [1.29, 1.82) is 0 Å². The van der Waals surface area contributed by atoms with Crippen LogP contribution < -0.4 is 10.6 Å². The van der Waals surface area contributed by atoms with Gasteiger partial charge in [-0.2, -0.15) is 0 Å². The SMILES string of the molecule is CNC(C)CNC(=O)c1cc(Cl)ccc1[N+](=O)[O-].Cl. The number of halogens is 2. The topological polar surface area (TPSA) is 84.3 Å². The van der Waals surface area contributed by atoms with Crippen molar-refractivity contribution in [2.75, 3.05) is 13.6 Å². The van der Waals surface area contributed by atoms with Crippen molar-refractivity contribution >= 4 is 35.6 Å². The average molecular weight is 308 g/mol. The van der Waals surface area contributed by atoms with Gasteiger partial charge in [-0.1, -0.05) is 11.6 Å². The molecule has 0 aliphatic heterocycles. The van der Waals surface area contributed by atoms with Gasteiger partial charge in [-0.3, -0.25) is 14.9 Å². The van der Waals surface area contributed by atoms with E-state index in [1.807, 2.05) is 6.92 Å². The monoisotopic (exact) mass is 307 g/mol. The van der Waals surface area contributed by atoms with Crippen LogP contribution in [-0.4, -0.2) is 30.5 Å². The normalized spacial score (nSPS) is 11.3. The Morgan fingerprint density at radius 2 is 2.16 bits per heavy atom. The number of nitrogens with one attached hydrogen (secondary N) is 2. The molecule has 8 heteroatoms. The van der Waals surface area contributed by atoms with E-state index in [2.05, 4.69) is 10.6 Å². The molecule has 1 aromatic rings. The van der Waals surface area contributed by atoms with Gasteiger partial charge in [0.05, 0.1) is 4.92 Å². The molecule has 0 saturated heterocycles. The maximum absolute atomic E-state index is 11.8. The Morgan fingerprint density at radius 3 is 2.68 bits per heavy atom. The molecule has 0 fully saturated rings. The number of carbonyl (C=O) groups excluding carboxylic acids is 1. The lowest BCUT2D eigenvalue weighted by Gasteiger charge is -2.11. The molecule has 0 spiro atoms. The van der Waals surface area contributed by atoms with E-state index in [-0.39, 0.29) is 34.7 Å². The molecule has 1 amide bonds. The number of benzene rings is 1. The van der Waals surface area contributed by atoms with Crippen LogP contribution in [0.15, 0.2) is 18.2 Å². The molecule has 0 aromatic heterocycles. The molecular weight excluding hydrogens is 293 g/mol. The first-order chi connectivity index (χ1) is 8.45. The molecule has 0 saturated carbocycles. The van der Waals surface area contributed by atoms with Gasteiger partial charge < -0.3 is 10.6 Å². The lowest BCUT2D eigenvalue weighted by molar-refractivity contribution is -0.385. The highest BCUT2D eigenvalue weighted by atomic mass is 35.5. The van der Waals surface area contributed by atoms with E-state index in [0.717, 1.165) is 0 Å². The van der Waals surface area contributed by atoms with Crippen molar-refractivity contribution in [2.24, 2.45) is 0 Å². The fourth-order valence-corrected chi connectivity index (χ4v) is 1.46. The van der Waals surface area contributed by atoms with E-state index >= 15 is 0 Å². The van der Waals surface area contributed by atoms with Crippen LogP contribution in [0.3, 0.4) is 0 Å². The number of nitrogens with zero attached hydrogens (tertiary/aromatic N) is 1. The van der Waals surface area contributed by atoms with E-state index in [4.69, 9.17) is 11.6 Å². The third kappa shape index (κ3) is 5.02. The molecule has 1 rings (SSSR count). The van der Waals surface area contributed by atoms with Crippen LogP contribution in [-0.2, 0) is 0 Å². The molecule has 2 N–H and O–H groups in total. The van der Waals surface area contributed by atoms with E-state index < -0.39 is 10.8 Å². The van der Waals surface area contributed by atoms with E-state index in [0.29, 0.717) is 6.54 Å². The number of likely N-dealkylation sites (N-methyl/N-ethyl adjacent to an activating group) is 1. The van der Waals surface area contributed by atoms with Gasteiger partial charge in [0, 0.05) is 23.7 Å². The lowest BCUT2D eigenvalue weighted by Crippen LogP contribution is -2.37. The molecule has 0 heterocycles. The summed E-state index contributed by atoms with van der Waals surface area (Å²) in [5, 5.41) is 16.6. The lowest BCUT2D eigenvalue weighted by atomic mass is 10.1. The zero-order valence-electron chi connectivity index (χ0n) is 10.5. The highest BCUT2D eigenvalue weighted by molar-refractivity contribution is 6.31. The summed E-state index contributed by atoms with van der Waals surface area (Å²) in [7, 11) is 1.76. The zero-order chi connectivity index (χ0) is 13.7. The van der Waals surface area contributed by atoms with Crippen molar-refractivity contribution in [3.05, 3.63) is 38.9 Å². The van der Waals surface area contributed by atoms with Crippen LogP contribution in [0, 0.1) is 10.1 Å². The second-order valence-corrected chi connectivity index (χ2v) is 4.25. The second kappa shape index (κ2) is 7.93. The number of nitro groups is 1. The van der Waals surface area contributed by atoms with Crippen molar-refractivity contribution in [3.63, 3.8) is 0 Å². The van der Waals surface area contributed by atoms with Gasteiger partial charge in [0.25, 0.3) is 11.6 Å². The summed E-state index contributed by atoms with van der Waals surface area (Å²) in [6.45, 7) is 2.26. The third-order valence-corrected chi connectivity index (χ3v) is 2.70. The van der Waals surface area contributed by atoms with Crippen molar-refractivity contribution < 1.29 is 9.72 Å². The van der Waals surface area contributed by atoms with Gasteiger partial charge in [0.15, 0.2) is 0 Å². The summed E-state index contributed by atoms with van der Waals surface area (Å²) in [6.07, 6.45) is 0. The van der Waals surface area contributed by atoms with Crippen LogP contribution in [0.1, 0.15) is 17.3 Å². The molecule has 1 atom stereocenters. The van der Waals surface area contributed by atoms with Crippen molar-refractivity contribution in [2.45, 2.75) is 13.0 Å². The third-order valence-electron chi connectivity index (χ3n) is 2.46. The number of amides is 1. The molecule has 0 radical (unpaired) electrons. The van der Waals surface area contributed by atoms with Crippen molar-refractivity contribution in [1.82, 2.24) is 10.6 Å². The van der Waals surface area contributed by atoms with Crippen LogP contribution in [0.2, 0.25) is 5.02 Å². The predicted molar refractivity (Wildman–Crippen MR) is 76.2 cm³/mol. The zero-order valence-corrected chi connectivity index (χ0v) is 12.0. The summed E-state index contributed by atoms with van der Waals surface area (Å²) in [5.74, 6) is -0.508. The number of carbonyl (C=O) groups is 1. The molecule has 1 aromatic carbocycles. The Hall–Kier alpha value is -1.37. The number of nitro benzene ring substituents is 1. The molecule has 0 bridgehead atoms. The summed E-state index contributed by atoms with van der Waals surface area (Å²) >= 11 is 5.74. The van der Waals surface area contributed by atoms with Gasteiger partial charge in [0.1, 0.15) is 5.56 Å². The molecule has 1 unspecified atom stereocenters. The summed E-state index contributed by atoms with van der Waals surface area (Å²) in [4.78, 5) is 22.0. The first kappa shape index (κ1) is 17.6. The van der Waals surface area contributed by atoms with E-state index in [9.17, 15) is 14.9 Å². The summed E-state index contributed by atoms with van der Waals surface area (Å²) in [5.41, 5.74) is -0.287. The summed E-state index contributed by atoms with van der Waals surface area (Å²) < 4.78 is 0. The summed E-state index contributed by atoms with van der Waals surface area (Å²) in [6, 6.07) is 3.97. The largest absolute Gasteiger partial charge is 0.350 e. The fraction of sp³-hybridized carbons (Fsp3) is 0.364. The standard InChI is InChI=1S/C11H14ClN3O3.ClH/c1-7(13-2)6-14-11(16)9-5-8(12)3-4-10(9)15(17)18;/h3-5,7,13H,6H2,1-2H3,(H,14,16);1H. The fourth-order valence-electron chi connectivity index (χ4n) is 1.29. The van der Waals surface area contributed by atoms with Crippen LogP contribution in [0.4, 0.5) is 5.69 Å². The average Bonchev–Trinajstić information content (AvgIpc) is 2.34. The minimum Gasteiger partial charge on any atom is -0.350 e. The predicted octanol–water partition coefficient (Wildman–Crippen LogP) is 2.01. The Morgan fingerprint density at radius 1 is 1.53 bits per heavy atom. The smallest absolute Gasteiger partial charge is 0.282 e. The Bertz CT molecular complexity index is 468. The van der Waals surface area contributed by atoms with Gasteiger partial charge in [-0.15, -0.1) is 12.4 Å². The molecule has 19 heavy (non-hydrogen) atoms. The molecule has 6 nitrogen and oxygen atoms in total. The van der Waals surface area contributed by atoms with Crippen LogP contribution >= 0.6 is 24.0 Å². The molecule has 0 aliphatic rings. The van der Waals surface area contributed by atoms with E-state index in [1.165, 1.54) is 18.2 Å². The van der Waals surface area contributed by atoms with Gasteiger partial charge >= 0.3 is 0 Å². The van der Waals surface area contributed by atoms with Gasteiger partial charge in [-0.05, 0) is 26.1 Å². The Labute approximate surface area is 122 Å². The van der Waals surface area contributed by atoms with Crippen molar-refractivity contribution in [3.8, 4) is 0 Å². The second-order valence-electron chi connectivity index (χ2n) is 3.82. The van der Waals surface area contributed by atoms with Crippen LogP contribution in [0.25, 0.3) is 0 Å². The molecular formula is C11H15Cl2N3O3. The van der Waals surface area contributed by atoms with Gasteiger partial charge in [0.2, 0.25) is 0 Å².